The summed E-state index contributed by atoms with van der Waals surface area (Å²) in [5, 5.41) is 12.9. The molecule has 1 aromatic carbocycles. The van der Waals surface area contributed by atoms with Crippen molar-refractivity contribution in [1.82, 2.24) is 0 Å². The maximum Gasteiger partial charge on any atom is 0.256 e. The van der Waals surface area contributed by atoms with Crippen LogP contribution in [0.5, 0.6) is 5.75 Å². The van der Waals surface area contributed by atoms with E-state index in [1.54, 1.807) is 6.07 Å². The Morgan fingerprint density at radius 2 is 2.12 bits per heavy atom. The molecule has 1 aromatic heterocycles. The van der Waals surface area contributed by atoms with Gasteiger partial charge in [-0.15, -0.1) is 11.3 Å². The topological polar surface area (TPSA) is 105 Å². The number of nitrogens with zero attached hydrogens (tertiary/aromatic N) is 1. The van der Waals surface area contributed by atoms with Crippen LogP contribution in [0.25, 0.3) is 0 Å². The first-order valence-electron chi connectivity index (χ1n) is 8.11. The van der Waals surface area contributed by atoms with Crippen molar-refractivity contribution >= 4 is 45.8 Å². The van der Waals surface area contributed by atoms with Crippen LogP contribution in [0.4, 0.5) is 10.7 Å². The first kappa shape index (κ1) is 17.2. The second-order valence-electron chi connectivity index (χ2n) is 6.17. The number of hydrogen-bond acceptors (Lipinski definition) is 7. The quantitative estimate of drug-likeness (QED) is 0.675. The van der Waals surface area contributed by atoms with Gasteiger partial charge < -0.3 is 25.2 Å². The molecule has 2 heterocycles. The van der Waals surface area contributed by atoms with Gasteiger partial charge in [-0.1, -0.05) is 12.1 Å². The first-order chi connectivity index (χ1) is 12.5. The van der Waals surface area contributed by atoms with Gasteiger partial charge in [0, 0.05) is 0 Å². The van der Waals surface area contributed by atoms with Crippen LogP contribution in [-0.4, -0.2) is 35.7 Å². The fourth-order valence-corrected chi connectivity index (χ4v) is 4.86. The number of fused-ring (bicyclic) bond motifs is 1. The summed E-state index contributed by atoms with van der Waals surface area (Å²) in [6.45, 7) is 1.25. The van der Waals surface area contributed by atoms with Crippen LogP contribution in [0.15, 0.2) is 34.5 Å². The summed E-state index contributed by atoms with van der Waals surface area (Å²) in [6.07, 6.45) is 0.866. The monoisotopic (exact) mass is 391 g/mol. The minimum Gasteiger partial charge on any atom is -0.489 e. The Bertz CT molecular complexity index is 879. The van der Waals surface area contributed by atoms with Gasteiger partial charge >= 0.3 is 0 Å². The van der Waals surface area contributed by atoms with Gasteiger partial charge in [-0.3, -0.25) is 9.59 Å². The van der Waals surface area contributed by atoms with Gasteiger partial charge in [0.25, 0.3) is 11.8 Å². The molecule has 9 heteroatoms. The SMILES string of the molecule is NC(=O)c1cc(SN2CCOc3ccccc32)sc1NC(=O)C1(O)CC1. The Balaban J connectivity index is 1.57. The fourth-order valence-electron chi connectivity index (χ4n) is 2.60. The second-order valence-corrected chi connectivity index (χ2v) is 8.54. The van der Waals surface area contributed by atoms with Gasteiger partial charge in [0.05, 0.1) is 22.0 Å². The van der Waals surface area contributed by atoms with E-state index in [4.69, 9.17) is 10.5 Å². The number of primary amides is 1. The number of nitrogens with one attached hydrogen (secondary N) is 1. The molecular formula is C17H17N3O4S2. The zero-order valence-corrected chi connectivity index (χ0v) is 15.4. The van der Waals surface area contributed by atoms with E-state index in [2.05, 4.69) is 9.62 Å². The lowest BCUT2D eigenvalue weighted by atomic mass is 10.2. The van der Waals surface area contributed by atoms with E-state index in [0.29, 0.717) is 31.0 Å². The molecule has 0 radical (unpaired) electrons. The zero-order chi connectivity index (χ0) is 18.3. The highest BCUT2D eigenvalue weighted by atomic mass is 32.2. The predicted molar refractivity (Wildman–Crippen MR) is 101 cm³/mol. The molecule has 1 aliphatic carbocycles. The third-order valence-corrected chi connectivity index (χ3v) is 6.45. The van der Waals surface area contributed by atoms with Gasteiger partial charge in [0.1, 0.15) is 23.0 Å². The lowest BCUT2D eigenvalue weighted by molar-refractivity contribution is -0.125. The molecule has 0 bridgehead atoms. The van der Waals surface area contributed by atoms with E-state index in [-0.39, 0.29) is 5.56 Å². The van der Waals surface area contributed by atoms with E-state index >= 15 is 0 Å². The van der Waals surface area contributed by atoms with Crippen molar-refractivity contribution in [3.63, 3.8) is 0 Å². The molecule has 2 amide bonds. The van der Waals surface area contributed by atoms with Crippen molar-refractivity contribution in [2.24, 2.45) is 5.73 Å². The van der Waals surface area contributed by atoms with E-state index in [9.17, 15) is 14.7 Å². The molecule has 26 heavy (non-hydrogen) atoms. The summed E-state index contributed by atoms with van der Waals surface area (Å²) in [5.41, 5.74) is 5.34. The average molecular weight is 391 g/mol. The van der Waals surface area contributed by atoms with Crippen molar-refractivity contribution in [3.05, 3.63) is 35.9 Å². The van der Waals surface area contributed by atoms with Gasteiger partial charge in [-0.05, 0) is 43.0 Å². The summed E-state index contributed by atoms with van der Waals surface area (Å²) < 4.78 is 8.54. The smallest absolute Gasteiger partial charge is 0.256 e. The van der Waals surface area contributed by atoms with Gasteiger partial charge in [0.2, 0.25) is 0 Å². The van der Waals surface area contributed by atoms with Crippen LogP contribution in [0.2, 0.25) is 0 Å². The van der Waals surface area contributed by atoms with E-state index in [1.807, 2.05) is 24.3 Å². The van der Waals surface area contributed by atoms with Gasteiger partial charge in [-0.2, -0.15) is 0 Å². The molecule has 2 aromatic rings. The zero-order valence-electron chi connectivity index (χ0n) is 13.7. The lowest BCUT2D eigenvalue weighted by Gasteiger charge is -2.29. The molecule has 1 aliphatic heterocycles. The molecule has 2 aliphatic rings. The van der Waals surface area contributed by atoms with Crippen LogP contribution >= 0.6 is 23.3 Å². The van der Waals surface area contributed by atoms with E-state index in [1.165, 1.54) is 23.3 Å². The normalized spacial score (nSPS) is 17.2. The number of aliphatic hydroxyl groups is 1. The Kier molecular flexibility index (Phi) is 4.29. The molecule has 1 fully saturated rings. The molecule has 7 nitrogen and oxygen atoms in total. The standard InChI is InChI=1S/C17H17N3O4S2/c18-14(21)10-9-13(25-15(10)19-16(22)17(23)5-6-17)26-20-7-8-24-12-4-2-1-3-11(12)20/h1-4,9,23H,5-8H2,(H2,18,21)(H,19,22). The van der Waals surface area contributed by atoms with Crippen LogP contribution in [0.1, 0.15) is 23.2 Å². The summed E-state index contributed by atoms with van der Waals surface area (Å²) in [7, 11) is 0. The molecule has 1 saturated carbocycles. The third-order valence-electron chi connectivity index (χ3n) is 4.23. The van der Waals surface area contributed by atoms with Crippen molar-refractivity contribution in [1.29, 1.82) is 0 Å². The molecular weight excluding hydrogens is 374 g/mol. The minimum absolute atomic E-state index is 0.247. The Morgan fingerprint density at radius 1 is 1.35 bits per heavy atom. The number of nitrogens with two attached hydrogens (primary N) is 1. The highest BCUT2D eigenvalue weighted by molar-refractivity contribution is 8.02. The number of anilines is 2. The largest absolute Gasteiger partial charge is 0.489 e. The Hall–Kier alpha value is -2.23. The number of carbonyl (C=O) groups excluding carboxylic acids is 2. The highest BCUT2D eigenvalue weighted by Crippen LogP contribution is 2.43. The highest BCUT2D eigenvalue weighted by Gasteiger charge is 2.48. The number of para-hydroxylation sites is 2. The molecule has 4 rings (SSSR count). The molecule has 0 spiro atoms. The maximum absolute atomic E-state index is 12.1. The van der Waals surface area contributed by atoms with Crippen molar-refractivity contribution < 1.29 is 19.4 Å². The van der Waals surface area contributed by atoms with Crippen LogP contribution < -0.4 is 20.1 Å². The van der Waals surface area contributed by atoms with Crippen molar-refractivity contribution in [2.75, 3.05) is 22.8 Å². The van der Waals surface area contributed by atoms with Crippen LogP contribution in [0, 0.1) is 0 Å². The fraction of sp³-hybridized carbons (Fsp3) is 0.294. The number of hydrogen-bond donors (Lipinski definition) is 3. The van der Waals surface area contributed by atoms with Crippen LogP contribution in [0.3, 0.4) is 0 Å². The van der Waals surface area contributed by atoms with Crippen LogP contribution in [-0.2, 0) is 4.79 Å². The maximum atomic E-state index is 12.1. The number of ether oxygens (including phenoxy) is 1. The molecule has 4 N–H and O–H groups in total. The Labute approximate surface area is 158 Å². The molecule has 0 saturated heterocycles. The van der Waals surface area contributed by atoms with E-state index < -0.39 is 17.4 Å². The number of thiophene rings is 1. The predicted octanol–water partition coefficient (Wildman–Crippen LogP) is 2.22. The number of carbonyl (C=O) groups is 2. The number of rotatable bonds is 5. The van der Waals surface area contributed by atoms with Gasteiger partial charge in [0.15, 0.2) is 0 Å². The third kappa shape index (κ3) is 3.25. The summed E-state index contributed by atoms with van der Waals surface area (Å²) in [5.74, 6) is -0.300. The molecule has 0 unspecified atom stereocenters. The summed E-state index contributed by atoms with van der Waals surface area (Å²) >= 11 is 2.73. The number of amides is 2. The van der Waals surface area contributed by atoms with Gasteiger partial charge in [-0.25, -0.2) is 0 Å². The van der Waals surface area contributed by atoms with Crippen molar-refractivity contribution in [3.8, 4) is 5.75 Å². The lowest BCUT2D eigenvalue weighted by Crippen LogP contribution is -2.29. The minimum atomic E-state index is -1.31. The summed E-state index contributed by atoms with van der Waals surface area (Å²) in [6, 6.07) is 9.40. The molecule has 0 atom stereocenters. The first-order valence-corrected chi connectivity index (χ1v) is 9.70. The summed E-state index contributed by atoms with van der Waals surface area (Å²) in [4.78, 5) is 23.8. The average Bonchev–Trinajstić information content (AvgIpc) is 3.25. The second kappa shape index (κ2) is 6.49. The molecule has 136 valence electrons. The van der Waals surface area contributed by atoms with E-state index in [0.717, 1.165) is 15.6 Å². The number of benzene rings is 1. The van der Waals surface area contributed by atoms with Crippen molar-refractivity contribution in [2.45, 2.75) is 22.7 Å². The Morgan fingerprint density at radius 3 is 2.85 bits per heavy atom.